The van der Waals surface area contributed by atoms with E-state index >= 15 is 0 Å². The Bertz CT molecular complexity index is 1820. The minimum absolute atomic E-state index is 0.0525. The highest BCUT2D eigenvalue weighted by molar-refractivity contribution is 7.46. The molecule has 2 heterocycles. The van der Waals surface area contributed by atoms with Crippen molar-refractivity contribution in [3.05, 3.63) is 59.8 Å². The second-order valence-electron chi connectivity index (χ2n) is 15.1. The van der Waals surface area contributed by atoms with Crippen LogP contribution in [-0.4, -0.2) is 68.4 Å². The van der Waals surface area contributed by atoms with Crippen molar-refractivity contribution in [3.8, 4) is 16.9 Å². The van der Waals surface area contributed by atoms with E-state index in [4.69, 9.17) is 9.26 Å². The lowest BCUT2D eigenvalue weighted by atomic mass is 9.59. The molecule has 10 nitrogen and oxygen atoms in total. The Morgan fingerprint density at radius 1 is 1.08 bits per heavy atom. The van der Waals surface area contributed by atoms with Gasteiger partial charge in [-0.15, -0.1) is 0 Å². The summed E-state index contributed by atoms with van der Waals surface area (Å²) in [5.41, 5.74) is 3.78. The number of phosphoric ester groups is 1. The molecule has 0 bridgehead atoms. The molecule has 11 heteroatoms. The molecule has 48 heavy (non-hydrogen) atoms. The van der Waals surface area contributed by atoms with Gasteiger partial charge in [-0.3, -0.25) is 14.2 Å². The fourth-order valence-corrected chi connectivity index (χ4v) is 7.84. The zero-order valence-corrected chi connectivity index (χ0v) is 30.4. The lowest BCUT2D eigenvalue weighted by Crippen LogP contribution is -2.67. The number of phosphoric acid groups is 1. The molecule has 5 rings (SSSR count). The zero-order valence-electron chi connectivity index (χ0n) is 29.5. The maximum Gasteiger partial charge on any atom is 0.469 e. The Balaban J connectivity index is 1.43. The predicted octanol–water partition coefficient (Wildman–Crippen LogP) is 7.61. The molecule has 1 saturated carbocycles. The van der Waals surface area contributed by atoms with E-state index in [0.717, 1.165) is 51.5 Å². The van der Waals surface area contributed by atoms with Crippen LogP contribution in [0, 0.1) is 17.8 Å². The van der Waals surface area contributed by atoms with Crippen molar-refractivity contribution in [1.82, 2.24) is 20.2 Å². The third-order valence-corrected chi connectivity index (χ3v) is 10.2. The van der Waals surface area contributed by atoms with Crippen LogP contribution in [-0.2, 0) is 9.09 Å². The zero-order chi connectivity index (χ0) is 35.1. The summed E-state index contributed by atoms with van der Waals surface area (Å²) in [4.78, 5) is 42.6. The average Bonchev–Trinajstić information content (AvgIpc) is 3.73. The van der Waals surface area contributed by atoms with Gasteiger partial charge >= 0.3 is 7.82 Å². The number of H-pyrrole nitrogens is 1. The molecular formula is C37H51N4O6P. The quantitative estimate of drug-likeness (QED) is 0.0838. The smallest absolute Gasteiger partial charge is 0.469 e. The summed E-state index contributed by atoms with van der Waals surface area (Å²) in [6.07, 6.45) is 4.58. The van der Waals surface area contributed by atoms with E-state index in [-0.39, 0.29) is 29.4 Å². The first kappa shape index (κ1) is 36.0. The number of carbonyl (C=O) groups excluding carboxylic acids is 1. The number of benzene rings is 2. The molecule has 260 valence electrons. The number of nitrogens with one attached hydrogen (secondary N) is 2. The van der Waals surface area contributed by atoms with Crippen LogP contribution in [0.1, 0.15) is 83.7 Å². The van der Waals surface area contributed by atoms with E-state index in [0.29, 0.717) is 37.4 Å². The van der Waals surface area contributed by atoms with Gasteiger partial charge in [0.1, 0.15) is 11.4 Å². The fourth-order valence-electron chi connectivity index (χ4n) is 7.48. The summed E-state index contributed by atoms with van der Waals surface area (Å²) < 4.78 is 23.6. The van der Waals surface area contributed by atoms with Crippen LogP contribution < -0.4 is 10.1 Å². The van der Waals surface area contributed by atoms with E-state index in [2.05, 4.69) is 74.7 Å². The van der Waals surface area contributed by atoms with Crippen LogP contribution in [0.4, 0.5) is 0 Å². The number of aryl methyl sites for hydroxylation is 1. The van der Waals surface area contributed by atoms with Gasteiger partial charge in [-0.25, -0.2) is 9.55 Å². The molecule has 0 radical (unpaired) electrons. The SMILES string of the molecule is CCN(CCCOc1ccc(-c2cccc(C(=O)NC3CC3)c2)c2c1[nH]c1ncc(C)cc12)C(COP(=O)(O)O)(C(C)(C)C)C(C)(C)C. The maximum absolute atomic E-state index is 12.9. The molecule has 1 aliphatic carbocycles. The number of hydrogen-bond donors (Lipinski definition) is 4. The lowest BCUT2D eigenvalue weighted by molar-refractivity contribution is -0.115. The summed E-state index contributed by atoms with van der Waals surface area (Å²) in [5.74, 6) is 0.654. The molecule has 0 saturated heterocycles. The number of aromatic nitrogens is 2. The Labute approximate surface area is 283 Å². The molecule has 0 unspecified atom stereocenters. The van der Waals surface area contributed by atoms with Gasteiger partial charge in [-0.05, 0) is 90.6 Å². The van der Waals surface area contributed by atoms with Crippen LogP contribution in [0.3, 0.4) is 0 Å². The molecule has 2 aromatic heterocycles. The summed E-state index contributed by atoms with van der Waals surface area (Å²) in [6.45, 7) is 18.3. The number of carbonyl (C=O) groups is 1. The van der Waals surface area contributed by atoms with Crippen LogP contribution >= 0.6 is 7.82 Å². The van der Waals surface area contributed by atoms with Crippen molar-refractivity contribution in [2.75, 3.05) is 26.3 Å². The van der Waals surface area contributed by atoms with Crippen LogP contribution in [0.5, 0.6) is 5.75 Å². The third-order valence-electron chi connectivity index (χ3n) is 9.73. The Hall–Kier alpha value is -3.27. The molecular weight excluding hydrogens is 627 g/mol. The number of hydrogen-bond acceptors (Lipinski definition) is 6. The summed E-state index contributed by atoms with van der Waals surface area (Å²) in [6, 6.07) is 14.2. The fraction of sp³-hybridized carbons (Fsp3) is 0.514. The van der Waals surface area contributed by atoms with Crippen LogP contribution in [0.2, 0.25) is 0 Å². The van der Waals surface area contributed by atoms with Gasteiger partial charge in [0.15, 0.2) is 0 Å². The highest BCUT2D eigenvalue weighted by atomic mass is 31.2. The van der Waals surface area contributed by atoms with Crippen molar-refractivity contribution >= 4 is 35.7 Å². The normalized spacial score (nSPS) is 14.6. The second-order valence-corrected chi connectivity index (χ2v) is 16.4. The van der Waals surface area contributed by atoms with Crippen molar-refractivity contribution in [2.45, 2.75) is 86.2 Å². The molecule has 0 atom stereocenters. The topological polar surface area (TPSA) is 137 Å². The highest BCUT2D eigenvalue weighted by Gasteiger charge is 2.55. The van der Waals surface area contributed by atoms with E-state index in [9.17, 15) is 19.1 Å². The number of fused-ring (bicyclic) bond motifs is 3. The average molecular weight is 679 g/mol. The Kier molecular flexibility index (Phi) is 10.2. The Morgan fingerprint density at radius 3 is 2.42 bits per heavy atom. The van der Waals surface area contributed by atoms with Crippen molar-refractivity contribution in [2.24, 2.45) is 10.8 Å². The number of pyridine rings is 1. The van der Waals surface area contributed by atoms with Gasteiger partial charge in [0.25, 0.3) is 5.91 Å². The van der Waals surface area contributed by atoms with Crippen molar-refractivity contribution in [3.63, 3.8) is 0 Å². The van der Waals surface area contributed by atoms with Crippen molar-refractivity contribution in [1.29, 1.82) is 0 Å². The first-order chi connectivity index (χ1) is 22.4. The Morgan fingerprint density at radius 2 is 1.79 bits per heavy atom. The number of nitrogens with zero attached hydrogens (tertiary/aromatic N) is 2. The minimum Gasteiger partial charge on any atom is -0.491 e. The summed E-state index contributed by atoms with van der Waals surface area (Å²) in [5, 5.41) is 5.06. The molecule has 1 amide bonds. The van der Waals surface area contributed by atoms with Crippen LogP contribution in [0.15, 0.2) is 48.7 Å². The molecule has 1 aliphatic rings. The monoisotopic (exact) mass is 678 g/mol. The molecule has 4 N–H and O–H groups in total. The van der Waals surface area contributed by atoms with Crippen LogP contribution in [0.25, 0.3) is 33.1 Å². The van der Waals surface area contributed by atoms with Gasteiger partial charge in [-0.2, -0.15) is 0 Å². The number of amides is 1. The van der Waals surface area contributed by atoms with E-state index in [1.54, 1.807) is 0 Å². The van der Waals surface area contributed by atoms with Crippen molar-refractivity contribution < 1.29 is 28.4 Å². The second kappa shape index (κ2) is 13.6. The third kappa shape index (κ3) is 7.48. The largest absolute Gasteiger partial charge is 0.491 e. The van der Waals surface area contributed by atoms with E-state index in [1.807, 2.05) is 49.5 Å². The van der Waals surface area contributed by atoms with E-state index in [1.165, 1.54) is 0 Å². The summed E-state index contributed by atoms with van der Waals surface area (Å²) in [7, 11) is -4.68. The maximum atomic E-state index is 12.9. The number of ether oxygens (including phenoxy) is 1. The van der Waals surface area contributed by atoms with E-state index < -0.39 is 13.4 Å². The minimum atomic E-state index is -4.68. The number of rotatable bonds is 13. The molecule has 2 aromatic carbocycles. The highest BCUT2D eigenvalue weighted by Crippen LogP contribution is 2.51. The lowest BCUT2D eigenvalue weighted by Gasteiger charge is -2.59. The number of aromatic amines is 1. The van der Waals surface area contributed by atoms with Gasteiger partial charge in [0.05, 0.1) is 24.3 Å². The molecule has 4 aromatic rings. The number of likely N-dealkylation sites (N-methyl/N-ethyl adjacent to an activating group) is 1. The predicted molar refractivity (Wildman–Crippen MR) is 191 cm³/mol. The molecule has 0 aliphatic heterocycles. The first-order valence-electron chi connectivity index (χ1n) is 16.9. The summed E-state index contributed by atoms with van der Waals surface area (Å²) >= 11 is 0. The van der Waals surface area contributed by atoms with Gasteiger partial charge < -0.3 is 24.8 Å². The first-order valence-corrected chi connectivity index (χ1v) is 18.4. The molecule has 0 spiro atoms. The molecule has 1 fully saturated rings. The van der Waals surface area contributed by atoms with Gasteiger partial charge in [-0.1, -0.05) is 60.6 Å². The van der Waals surface area contributed by atoms with Gasteiger partial charge in [0, 0.05) is 35.1 Å². The van der Waals surface area contributed by atoms with Gasteiger partial charge in [0.2, 0.25) is 0 Å². The standard InChI is InChI=1S/C37H51N4O6P/c1-9-41(37(35(3,4)5,36(6,7)8)23-47-48(43,44)45)18-11-19-46-30-17-16-28(31-29-20-24(2)22-38-33(29)40-32(30)31)25-12-10-13-26(21-25)34(42)39-27-14-15-27/h10,12-13,16-17,20-22,27H,9,11,14-15,18-19,23H2,1-8H3,(H,38,40)(H,39,42)(H2,43,44,45).